The number of carbonyl (C=O) groups excluding carboxylic acids is 2. The van der Waals surface area contributed by atoms with E-state index in [0.29, 0.717) is 22.1 Å². The summed E-state index contributed by atoms with van der Waals surface area (Å²) < 4.78 is 1.52. The molecule has 0 bridgehead atoms. The topological polar surface area (TPSA) is 119 Å². The van der Waals surface area contributed by atoms with Crippen LogP contribution in [0.5, 0.6) is 0 Å². The van der Waals surface area contributed by atoms with Gasteiger partial charge in [0.05, 0.1) is 17.1 Å². The summed E-state index contributed by atoms with van der Waals surface area (Å²) in [6, 6.07) is 10.9. The number of aryl methyl sites for hydroxylation is 1. The average molecular weight is 427 g/mol. The van der Waals surface area contributed by atoms with Crippen LogP contribution in [-0.4, -0.2) is 31.6 Å². The average Bonchev–Trinajstić information content (AvgIpc) is 3.41. The number of para-hydroxylation sites is 1. The molecule has 0 radical (unpaired) electrons. The molecule has 1 aromatic carbocycles. The lowest BCUT2D eigenvalue weighted by Gasteiger charge is -2.03. The van der Waals surface area contributed by atoms with Crippen LogP contribution in [0.1, 0.15) is 26.5 Å². The Morgan fingerprint density at radius 2 is 2.03 bits per heavy atom. The Hall–Kier alpha value is -3.43. The maximum atomic E-state index is 12.8. The van der Waals surface area contributed by atoms with Crippen molar-refractivity contribution in [1.29, 1.82) is 0 Å². The molecule has 29 heavy (non-hydrogen) atoms. The van der Waals surface area contributed by atoms with E-state index in [9.17, 15) is 9.59 Å². The van der Waals surface area contributed by atoms with Gasteiger partial charge in [0, 0.05) is 17.1 Å². The van der Waals surface area contributed by atoms with Crippen LogP contribution in [0, 0.1) is 6.92 Å². The number of halogens is 1. The van der Waals surface area contributed by atoms with Crippen molar-refractivity contribution in [3.63, 3.8) is 0 Å². The molecule has 0 atom stereocenters. The van der Waals surface area contributed by atoms with Gasteiger partial charge in [-0.2, -0.15) is 5.10 Å². The zero-order chi connectivity index (χ0) is 20.5. The number of aromatic nitrogens is 4. The highest BCUT2D eigenvalue weighted by atomic mass is 35.5. The molecule has 0 saturated carbocycles. The molecule has 3 aromatic heterocycles. The van der Waals surface area contributed by atoms with Crippen molar-refractivity contribution in [3.05, 3.63) is 70.1 Å². The molecule has 4 aromatic rings. The lowest BCUT2D eigenvalue weighted by molar-refractivity contribution is 0.0993. The molecule has 2 amide bonds. The Morgan fingerprint density at radius 3 is 2.72 bits per heavy atom. The van der Waals surface area contributed by atoms with Crippen molar-refractivity contribution in [1.82, 2.24) is 19.7 Å². The first kappa shape index (κ1) is 18.9. The van der Waals surface area contributed by atoms with Crippen LogP contribution in [-0.2, 0) is 0 Å². The number of nitrogens with two attached hydrogens (primary N) is 1. The van der Waals surface area contributed by atoms with Gasteiger partial charge in [-0.05, 0) is 25.1 Å². The van der Waals surface area contributed by atoms with E-state index >= 15 is 0 Å². The fourth-order valence-electron chi connectivity index (χ4n) is 2.81. The van der Waals surface area contributed by atoms with Gasteiger partial charge in [-0.3, -0.25) is 14.9 Å². The van der Waals surface area contributed by atoms with Crippen LogP contribution in [0.15, 0.2) is 48.0 Å². The van der Waals surface area contributed by atoms with Crippen molar-refractivity contribution >= 4 is 39.9 Å². The predicted molar refractivity (Wildman–Crippen MR) is 112 cm³/mol. The van der Waals surface area contributed by atoms with Crippen molar-refractivity contribution in [3.8, 4) is 16.9 Å². The van der Waals surface area contributed by atoms with Gasteiger partial charge in [0.1, 0.15) is 16.4 Å². The van der Waals surface area contributed by atoms with Gasteiger partial charge >= 0.3 is 0 Å². The minimum absolute atomic E-state index is 0.222. The number of nitrogens with one attached hydrogen (secondary N) is 2. The summed E-state index contributed by atoms with van der Waals surface area (Å²) in [6.07, 6.45) is 1.63. The Kier molecular flexibility index (Phi) is 4.91. The van der Waals surface area contributed by atoms with E-state index in [4.69, 9.17) is 17.3 Å². The third-order valence-corrected chi connectivity index (χ3v) is 5.31. The van der Waals surface area contributed by atoms with Crippen LogP contribution in [0.4, 0.5) is 5.13 Å². The summed E-state index contributed by atoms with van der Waals surface area (Å²) >= 11 is 7.69. The number of carbonyl (C=O) groups is 2. The Labute approximate surface area is 174 Å². The number of rotatable bonds is 5. The molecule has 4 rings (SSSR count). The quantitative estimate of drug-likeness (QED) is 0.451. The number of hydrogen-bond donors (Lipinski definition) is 3. The first-order valence-electron chi connectivity index (χ1n) is 8.50. The number of nitrogens with zero attached hydrogens (tertiary/aromatic N) is 3. The van der Waals surface area contributed by atoms with Gasteiger partial charge in [-0.1, -0.05) is 29.8 Å². The third kappa shape index (κ3) is 3.65. The van der Waals surface area contributed by atoms with Crippen LogP contribution in [0.25, 0.3) is 16.9 Å². The minimum atomic E-state index is -0.555. The molecule has 0 fully saturated rings. The molecule has 146 valence electrons. The van der Waals surface area contributed by atoms with Gasteiger partial charge in [0.15, 0.2) is 5.13 Å². The zero-order valence-corrected chi connectivity index (χ0v) is 16.7. The zero-order valence-electron chi connectivity index (χ0n) is 15.1. The Morgan fingerprint density at radius 1 is 1.28 bits per heavy atom. The van der Waals surface area contributed by atoms with E-state index in [1.54, 1.807) is 24.6 Å². The fourth-order valence-corrected chi connectivity index (χ4v) is 3.88. The van der Waals surface area contributed by atoms with E-state index in [2.05, 4.69) is 20.4 Å². The van der Waals surface area contributed by atoms with E-state index < -0.39 is 11.8 Å². The molecular formula is C19H15ClN6O2S. The molecule has 10 heteroatoms. The van der Waals surface area contributed by atoms with Gasteiger partial charge in [-0.25, -0.2) is 9.67 Å². The van der Waals surface area contributed by atoms with Crippen molar-refractivity contribution in [2.75, 3.05) is 5.32 Å². The smallest absolute Gasteiger partial charge is 0.265 e. The van der Waals surface area contributed by atoms with Crippen LogP contribution in [0.2, 0.25) is 5.15 Å². The van der Waals surface area contributed by atoms with Gasteiger partial charge in [0.25, 0.3) is 11.8 Å². The highest BCUT2D eigenvalue weighted by molar-refractivity contribution is 7.14. The molecular weight excluding hydrogens is 412 g/mol. The number of aromatic amines is 1. The van der Waals surface area contributed by atoms with E-state index in [1.807, 2.05) is 30.3 Å². The maximum Gasteiger partial charge on any atom is 0.265 e. The summed E-state index contributed by atoms with van der Waals surface area (Å²) in [4.78, 5) is 31.2. The summed E-state index contributed by atoms with van der Waals surface area (Å²) in [5.74, 6) is -0.956. The monoisotopic (exact) mass is 426 g/mol. The van der Waals surface area contributed by atoms with Crippen LogP contribution >= 0.6 is 22.9 Å². The number of H-pyrrole nitrogens is 1. The van der Waals surface area contributed by atoms with Crippen molar-refractivity contribution in [2.24, 2.45) is 5.73 Å². The molecule has 0 aliphatic rings. The maximum absolute atomic E-state index is 12.8. The number of hydrogen-bond acceptors (Lipinski definition) is 5. The van der Waals surface area contributed by atoms with E-state index in [1.165, 1.54) is 16.0 Å². The second kappa shape index (κ2) is 7.53. The van der Waals surface area contributed by atoms with Crippen molar-refractivity contribution in [2.45, 2.75) is 6.92 Å². The Balaban J connectivity index is 1.57. The second-order valence-corrected chi connectivity index (χ2v) is 7.37. The summed E-state index contributed by atoms with van der Waals surface area (Å²) in [7, 11) is 0. The van der Waals surface area contributed by atoms with Crippen LogP contribution < -0.4 is 11.1 Å². The molecule has 0 aliphatic heterocycles. The summed E-state index contributed by atoms with van der Waals surface area (Å²) in [5.41, 5.74) is 8.38. The number of thiazole rings is 1. The summed E-state index contributed by atoms with van der Waals surface area (Å²) in [6.45, 7) is 1.72. The second-order valence-electron chi connectivity index (χ2n) is 6.16. The largest absolute Gasteiger partial charge is 0.364 e. The van der Waals surface area contributed by atoms with Gasteiger partial charge < -0.3 is 10.7 Å². The van der Waals surface area contributed by atoms with E-state index in [-0.39, 0.29) is 16.4 Å². The van der Waals surface area contributed by atoms with Gasteiger partial charge in [-0.15, -0.1) is 11.3 Å². The number of amides is 2. The summed E-state index contributed by atoms with van der Waals surface area (Å²) in [5, 5.41) is 9.52. The first-order valence-corrected chi connectivity index (χ1v) is 9.76. The molecule has 0 saturated heterocycles. The highest BCUT2D eigenvalue weighted by Gasteiger charge is 2.22. The highest BCUT2D eigenvalue weighted by Crippen LogP contribution is 2.28. The molecule has 8 nitrogen and oxygen atoms in total. The number of primary amides is 1. The molecule has 3 heterocycles. The first-order chi connectivity index (χ1) is 13.9. The lowest BCUT2D eigenvalue weighted by atomic mass is 10.2. The molecule has 0 aliphatic carbocycles. The van der Waals surface area contributed by atoms with Crippen LogP contribution in [0.3, 0.4) is 0 Å². The Bertz CT molecular complexity index is 1210. The lowest BCUT2D eigenvalue weighted by Crippen LogP contribution is -2.13. The minimum Gasteiger partial charge on any atom is -0.364 e. The molecule has 0 unspecified atom stereocenters. The standard InChI is InChI=1S/C19H15ClN6O2S/c1-10-15(16(20)26(25-10)12-5-3-2-4-6-12)18(28)24-19-23-14(9-29-19)11-7-13(17(21)27)22-8-11/h2-9,22H,1H3,(H2,21,27)(H,23,24,28). The fraction of sp³-hybridized carbons (Fsp3) is 0.0526. The molecule has 0 spiro atoms. The van der Waals surface area contributed by atoms with Gasteiger partial charge in [0.2, 0.25) is 0 Å². The van der Waals surface area contributed by atoms with E-state index in [0.717, 1.165) is 5.69 Å². The number of anilines is 1. The number of benzene rings is 1. The molecule has 4 N–H and O–H groups in total. The normalized spacial score (nSPS) is 10.8. The third-order valence-electron chi connectivity index (χ3n) is 4.20. The van der Waals surface area contributed by atoms with Crippen molar-refractivity contribution < 1.29 is 9.59 Å². The predicted octanol–water partition coefficient (Wildman–Crippen LogP) is 3.64. The SMILES string of the molecule is Cc1nn(-c2ccccc2)c(Cl)c1C(=O)Nc1nc(-c2c[nH]c(C(N)=O)c2)cs1.